The number of carbonyl (C=O) groups is 2. The van der Waals surface area contributed by atoms with Gasteiger partial charge in [-0.25, -0.2) is 4.98 Å². The van der Waals surface area contributed by atoms with Gasteiger partial charge in [0.1, 0.15) is 11.9 Å². The van der Waals surface area contributed by atoms with Gasteiger partial charge in [0.2, 0.25) is 17.7 Å². The van der Waals surface area contributed by atoms with Crippen molar-refractivity contribution in [3.63, 3.8) is 0 Å². The van der Waals surface area contributed by atoms with E-state index in [9.17, 15) is 9.59 Å². The van der Waals surface area contributed by atoms with E-state index in [1.807, 2.05) is 60.7 Å². The molecule has 1 unspecified atom stereocenters. The number of pyridine rings is 1. The zero-order chi connectivity index (χ0) is 21.4. The van der Waals surface area contributed by atoms with Gasteiger partial charge in [-0.1, -0.05) is 18.2 Å². The number of carbonyl (C=O) groups excluding carboxylic acids is 2. The van der Waals surface area contributed by atoms with Crippen LogP contribution in [0.25, 0.3) is 10.9 Å². The third kappa shape index (κ3) is 3.79. The maximum atomic E-state index is 12.9. The summed E-state index contributed by atoms with van der Waals surface area (Å²) in [7, 11) is 1.60. The average molecular weight is 417 g/mol. The molecule has 2 aliphatic heterocycles. The molecule has 0 radical (unpaired) electrons. The Morgan fingerprint density at radius 2 is 1.77 bits per heavy atom. The predicted molar refractivity (Wildman–Crippen MR) is 116 cm³/mol. The second-order valence-corrected chi connectivity index (χ2v) is 7.93. The summed E-state index contributed by atoms with van der Waals surface area (Å²) >= 11 is 0. The Morgan fingerprint density at radius 3 is 2.55 bits per heavy atom. The largest absolute Gasteiger partial charge is 0.497 e. The fraction of sp³-hybridized carbons (Fsp3) is 0.292. The number of para-hydroxylation sites is 1. The van der Waals surface area contributed by atoms with Crippen LogP contribution >= 0.6 is 0 Å². The molecule has 1 atom stereocenters. The number of amides is 2. The van der Waals surface area contributed by atoms with E-state index in [0.717, 1.165) is 22.3 Å². The van der Waals surface area contributed by atoms with Crippen molar-refractivity contribution >= 4 is 28.4 Å². The number of rotatable bonds is 5. The molecule has 3 aromatic rings. The van der Waals surface area contributed by atoms with E-state index in [0.29, 0.717) is 25.5 Å². The number of methoxy groups -OCH3 is 1. The number of aromatic nitrogens is 1. The monoisotopic (exact) mass is 417 g/mol. The number of hydrogen-bond donors (Lipinski definition) is 0. The fourth-order valence-corrected chi connectivity index (χ4v) is 4.12. The van der Waals surface area contributed by atoms with Crippen LogP contribution in [0, 0.1) is 5.92 Å². The zero-order valence-corrected chi connectivity index (χ0v) is 17.2. The summed E-state index contributed by atoms with van der Waals surface area (Å²) < 4.78 is 11.1. The molecule has 2 amide bonds. The van der Waals surface area contributed by atoms with Gasteiger partial charge in [0, 0.05) is 30.1 Å². The summed E-state index contributed by atoms with van der Waals surface area (Å²) in [6.45, 7) is 1.43. The minimum Gasteiger partial charge on any atom is -0.497 e. The molecule has 2 aromatic carbocycles. The highest BCUT2D eigenvalue weighted by atomic mass is 16.5. The number of ether oxygens (including phenoxy) is 2. The standard InChI is InChI=1S/C24H23N3O4/c1-30-19-9-7-18(8-10-19)27-13-17(12-23(27)28)24(29)26-14-20(15-26)31-22-11-6-16-4-2-3-5-21(16)25-22/h2-11,17,20H,12-15H2,1H3. The molecule has 0 spiro atoms. The molecule has 0 saturated carbocycles. The van der Waals surface area contributed by atoms with Crippen LogP contribution in [0.1, 0.15) is 6.42 Å². The van der Waals surface area contributed by atoms with E-state index in [4.69, 9.17) is 9.47 Å². The summed E-state index contributed by atoms with van der Waals surface area (Å²) in [6, 6.07) is 19.0. The molecule has 158 valence electrons. The number of anilines is 1. The molecule has 2 saturated heterocycles. The predicted octanol–water partition coefficient (Wildman–Crippen LogP) is 2.89. The first-order valence-electron chi connectivity index (χ1n) is 10.4. The van der Waals surface area contributed by atoms with Gasteiger partial charge >= 0.3 is 0 Å². The van der Waals surface area contributed by atoms with Crippen LogP contribution in [-0.2, 0) is 9.59 Å². The zero-order valence-electron chi connectivity index (χ0n) is 17.2. The molecule has 0 aliphatic carbocycles. The Balaban J connectivity index is 1.17. The molecule has 0 N–H and O–H groups in total. The molecule has 31 heavy (non-hydrogen) atoms. The van der Waals surface area contributed by atoms with Crippen LogP contribution in [-0.4, -0.2) is 54.5 Å². The van der Waals surface area contributed by atoms with Crippen molar-refractivity contribution in [3.8, 4) is 11.6 Å². The molecule has 0 bridgehead atoms. The molecule has 2 aliphatic rings. The van der Waals surface area contributed by atoms with Crippen molar-refractivity contribution in [3.05, 3.63) is 60.7 Å². The van der Waals surface area contributed by atoms with Crippen LogP contribution in [0.5, 0.6) is 11.6 Å². The number of hydrogen-bond acceptors (Lipinski definition) is 5. The van der Waals surface area contributed by atoms with Gasteiger partial charge < -0.3 is 19.3 Å². The smallest absolute Gasteiger partial charge is 0.228 e. The van der Waals surface area contributed by atoms with Crippen molar-refractivity contribution in [1.29, 1.82) is 0 Å². The SMILES string of the molecule is COc1ccc(N2CC(C(=O)N3CC(Oc4ccc5ccccc5n4)C3)CC2=O)cc1. The number of likely N-dealkylation sites (tertiary alicyclic amines) is 1. The summed E-state index contributed by atoms with van der Waals surface area (Å²) in [5, 5.41) is 1.06. The average Bonchev–Trinajstić information content (AvgIpc) is 3.17. The van der Waals surface area contributed by atoms with Gasteiger partial charge in [-0.15, -0.1) is 0 Å². The topological polar surface area (TPSA) is 72.0 Å². The van der Waals surface area contributed by atoms with Gasteiger partial charge in [0.25, 0.3) is 0 Å². The molecule has 3 heterocycles. The summed E-state index contributed by atoms with van der Waals surface area (Å²) in [6.07, 6.45) is 0.159. The molecule has 7 heteroatoms. The highest BCUT2D eigenvalue weighted by molar-refractivity contribution is 6.00. The fourth-order valence-electron chi connectivity index (χ4n) is 4.12. The lowest BCUT2D eigenvalue weighted by molar-refractivity contribution is -0.144. The second-order valence-electron chi connectivity index (χ2n) is 7.93. The maximum absolute atomic E-state index is 12.9. The van der Waals surface area contributed by atoms with Crippen molar-refractivity contribution in [2.75, 3.05) is 31.6 Å². The number of benzene rings is 2. The summed E-state index contributed by atoms with van der Waals surface area (Å²) in [5.74, 6) is 0.954. The van der Waals surface area contributed by atoms with Gasteiger partial charge in [0.05, 0.1) is 31.6 Å². The van der Waals surface area contributed by atoms with Crippen LogP contribution in [0.3, 0.4) is 0 Å². The van der Waals surface area contributed by atoms with E-state index >= 15 is 0 Å². The Labute approximate surface area is 180 Å². The Hall–Kier alpha value is -3.61. The van der Waals surface area contributed by atoms with Crippen molar-refractivity contribution < 1.29 is 19.1 Å². The first kappa shape index (κ1) is 19.4. The van der Waals surface area contributed by atoms with E-state index < -0.39 is 0 Å². The summed E-state index contributed by atoms with van der Waals surface area (Å²) in [4.78, 5) is 33.3. The molecule has 1 aromatic heterocycles. The third-order valence-electron chi connectivity index (χ3n) is 5.88. The Bertz CT molecular complexity index is 1130. The summed E-state index contributed by atoms with van der Waals surface area (Å²) in [5.41, 5.74) is 1.67. The minimum absolute atomic E-state index is 0.00989. The highest BCUT2D eigenvalue weighted by Crippen LogP contribution is 2.29. The maximum Gasteiger partial charge on any atom is 0.228 e. The quantitative estimate of drug-likeness (QED) is 0.638. The normalized spacial score (nSPS) is 18.9. The van der Waals surface area contributed by atoms with E-state index in [1.165, 1.54) is 0 Å². The van der Waals surface area contributed by atoms with Crippen molar-refractivity contribution in [2.45, 2.75) is 12.5 Å². The van der Waals surface area contributed by atoms with Gasteiger partial charge in [-0.2, -0.15) is 0 Å². The van der Waals surface area contributed by atoms with Crippen LogP contribution in [0.4, 0.5) is 5.69 Å². The van der Waals surface area contributed by atoms with Crippen LogP contribution in [0.2, 0.25) is 0 Å². The number of fused-ring (bicyclic) bond motifs is 1. The lowest BCUT2D eigenvalue weighted by Gasteiger charge is -2.39. The minimum atomic E-state index is -0.325. The number of nitrogens with zero attached hydrogens (tertiary/aromatic N) is 3. The lowest BCUT2D eigenvalue weighted by atomic mass is 10.0. The van der Waals surface area contributed by atoms with Gasteiger partial charge in [-0.05, 0) is 36.4 Å². The molecule has 5 rings (SSSR count). The van der Waals surface area contributed by atoms with Crippen molar-refractivity contribution in [2.24, 2.45) is 5.92 Å². The Kier molecular flexibility index (Phi) is 4.94. The first-order valence-corrected chi connectivity index (χ1v) is 10.4. The molecular formula is C24H23N3O4. The highest BCUT2D eigenvalue weighted by Gasteiger charge is 2.41. The van der Waals surface area contributed by atoms with Gasteiger partial charge in [0.15, 0.2) is 0 Å². The molecule has 2 fully saturated rings. The Morgan fingerprint density at radius 1 is 1.00 bits per heavy atom. The van der Waals surface area contributed by atoms with Crippen molar-refractivity contribution in [1.82, 2.24) is 9.88 Å². The third-order valence-corrected chi connectivity index (χ3v) is 5.88. The lowest BCUT2D eigenvalue weighted by Crippen LogP contribution is -2.57. The van der Waals surface area contributed by atoms with E-state index in [1.54, 1.807) is 16.9 Å². The van der Waals surface area contributed by atoms with Gasteiger partial charge in [-0.3, -0.25) is 9.59 Å². The molecule has 7 nitrogen and oxygen atoms in total. The second kappa shape index (κ2) is 7.91. The first-order chi connectivity index (χ1) is 15.1. The van der Waals surface area contributed by atoms with E-state index in [2.05, 4.69) is 4.98 Å². The van der Waals surface area contributed by atoms with Crippen LogP contribution in [0.15, 0.2) is 60.7 Å². The van der Waals surface area contributed by atoms with E-state index in [-0.39, 0.29) is 30.3 Å². The molecular weight excluding hydrogens is 394 g/mol. The van der Waals surface area contributed by atoms with Crippen LogP contribution < -0.4 is 14.4 Å².